The Labute approximate surface area is 253 Å². The third-order valence-electron chi connectivity index (χ3n) is 10.1. The van der Waals surface area contributed by atoms with Crippen molar-refractivity contribution in [3.05, 3.63) is 29.0 Å². The number of ether oxygens (including phenoxy) is 1. The van der Waals surface area contributed by atoms with E-state index < -0.39 is 71.6 Å². The van der Waals surface area contributed by atoms with Crippen molar-refractivity contribution in [2.45, 2.75) is 125 Å². The maximum absolute atomic E-state index is 14.6. The zero-order valence-corrected chi connectivity index (χ0v) is 24.8. The Balaban J connectivity index is 1.18. The lowest BCUT2D eigenvalue weighted by atomic mass is 9.59. The minimum Gasteiger partial charge on any atom is -0.484 e. The molecule has 0 radical (unpaired) electrons. The summed E-state index contributed by atoms with van der Waals surface area (Å²) >= 11 is 5.67. The molecule has 8 nitrogen and oxygen atoms in total. The maximum atomic E-state index is 14.6. The number of nitrogens with one attached hydrogen (secondary N) is 3. The van der Waals surface area contributed by atoms with Crippen LogP contribution in [0.1, 0.15) is 89.9 Å². The molecule has 2 bridgehead atoms. The standard InChI is InChI=1S/C30H40ClF4N3O5/c31-21-10-9-20(15-22(21)32)42-18-25(40)36-28-13-11-27(12-14-28,17-24(28)39)37-26(41)23-16-29(38-43-23,30(33,34)35)19-7-5-3-1-2-4-6-8-19/h9-10,15,19,23-24,38-39H,1-8,11-14,16-18H2,(H,36,40)(H,37,41)/t23?,24-,27?,28?,29?/m0/s1. The highest BCUT2D eigenvalue weighted by Crippen LogP contribution is 2.49. The lowest BCUT2D eigenvalue weighted by molar-refractivity contribution is -0.225. The summed E-state index contributed by atoms with van der Waals surface area (Å²) in [5.41, 5.74) is -1.72. The van der Waals surface area contributed by atoms with Crippen molar-refractivity contribution in [2.24, 2.45) is 5.92 Å². The number of benzene rings is 1. The van der Waals surface area contributed by atoms with Crippen LogP contribution in [0, 0.1) is 11.7 Å². The van der Waals surface area contributed by atoms with Crippen molar-refractivity contribution in [3.8, 4) is 5.75 Å². The molecule has 0 spiro atoms. The highest BCUT2D eigenvalue weighted by molar-refractivity contribution is 6.30. The Kier molecular flexibility index (Phi) is 9.52. The monoisotopic (exact) mass is 633 g/mol. The van der Waals surface area contributed by atoms with Gasteiger partial charge >= 0.3 is 6.18 Å². The quantitative estimate of drug-likeness (QED) is 0.306. The number of rotatable bonds is 7. The molecule has 3 atom stereocenters. The van der Waals surface area contributed by atoms with Crippen LogP contribution >= 0.6 is 11.6 Å². The first-order valence-electron chi connectivity index (χ1n) is 15.3. The highest BCUT2D eigenvalue weighted by atomic mass is 35.5. The molecule has 1 aromatic rings. The molecule has 5 fully saturated rings. The van der Waals surface area contributed by atoms with Crippen LogP contribution in [0.25, 0.3) is 0 Å². The van der Waals surface area contributed by atoms with Gasteiger partial charge in [0.05, 0.1) is 16.7 Å². The number of fused-ring (bicyclic) bond motifs is 3. The van der Waals surface area contributed by atoms with Gasteiger partial charge in [0.1, 0.15) is 17.1 Å². The SMILES string of the molecule is O=C(COc1ccc(Cl)c(F)c1)NC12CCC(NC(=O)C3CC(C4CCCCCCCC4)(C(F)(F)F)NO3)(CC1)C[C@@H]2O. The number of amides is 2. The number of hydroxylamine groups is 1. The Hall–Kier alpha value is -2.15. The molecule has 1 heterocycles. The number of hydrogen-bond donors (Lipinski definition) is 4. The lowest BCUT2D eigenvalue weighted by Gasteiger charge is -2.56. The van der Waals surface area contributed by atoms with Crippen molar-refractivity contribution in [1.82, 2.24) is 16.1 Å². The van der Waals surface area contributed by atoms with E-state index in [2.05, 4.69) is 16.1 Å². The van der Waals surface area contributed by atoms with Gasteiger partial charge in [0, 0.05) is 18.0 Å². The van der Waals surface area contributed by atoms with Gasteiger partial charge in [0.15, 0.2) is 12.7 Å². The zero-order chi connectivity index (χ0) is 30.9. The molecule has 4 aliphatic carbocycles. The van der Waals surface area contributed by atoms with E-state index in [0.29, 0.717) is 51.4 Å². The number of hydrogen-bond acceptors (Lipinski definition) is 6. The maximum Gasteiger partial charge on any atom is 0.409 e. The van der Waals surface area contributed by atoms with Crippen molar-refractivity contribution in [2.75, 3.05) is 6.61 Å². The fourth-order valence-corrected chi connectivity index (χ4v) is 7.63. The summed E-state index contributed by atoms with van der Waals surface area (Å²) in [7, 11) is 0. The molecular weight excluding hydrogens is 594 g/mol. The Morgan fingerprint density at radius 3 is 2.28 bits per heavy atom. The van der Waals surface area contributed by atoms with Gasteiger partial charge in [-0.1, -0.05) is 50.1 Å². The van der Waals surface area contributed by atoms with Crippen molar-refractivity contribution >= 4 is 23.4 Å². The van der Waals surface area contributed by atoms with Crippen LogP contribution in [0.5, 0.6) is 5.75 Å². The van der Waals surface area contributed by atoms with Gasteiger partial charge in [-0.2, -0.15) is 18.7 Å². The number of halogens is 5. The summed E-state index contributed by atoms with van der Waals surface area (Å²) in [6.45, 7) is -0.397. The summed E-state index contributed by atoms with van der Waals surface area (Å²) in [5.74, 6) is -2.35. The number of carbonyl (C=O) groups excluding carboxylic acids is 2. The largest absolute Gasteiger partial charge is 0.484 e. The van der Waals surface area contributed by atoms with E-state index >= 15 is 0 Å². The van der Waals surface area contributed by atoms with Crippen LogP contribution in [0.3, 0.4) is 0 Å². The first-order chi connectivity index (χ1) is 20.4. The third-order valence-corrected chi connectivity index (χ3v) is 10.4. The fourth-order valence-electron chi connectivity index (χ4n) is 7.51. The summed E-state index contributed by atoms with van der Waals surface area (Å²) < 4.78 is 62.8. The molecule has 13 heteroatoms. The van der Waals surface area contributed by atoms with Gasteiger partial charge in [-0.05, 0) is 63.0 Å². The molecule has 2 unspecified atom stereocenters. The molecule has 1 aliphatic heterocycles. The molecular formula is C30H40ClF4N3O5. The van der Waals surface area contributed by atoms with Gasteiger partial charge in [-0.3, -0.25) is 14.4 Å². The summed E-state index contributed by atoms with van der Waals surface area (Å²) in [6.07, 6.45) is 0.426. The molecule has 2 amide bonds. The number of aliphatic hydroxyl groups is 1. The molecule has 0 aromatic heterocycles. The second-order valence-corrected chi connectivity index (χ2v) is 13.2. The minimum absolute atomic E-state index is 0.0698. The first kappa shape index (κ1) is 32.2. The molecule has 1 aromatic carbocycles. The molecule has 4 saturated carbocycles. The van der Waals surface area contributed by atoms with Crippen LogP contribution in [0.4, 0.5) is 17.6 Å². The molecule has 4 N–H and O–H groups in total. The Bertz CT molecular complexity index is 1170. The Morgan fingerprint density at radius 2 is 1.67 bits per heavy atom. The molecule has 240 valence electrons. The number of alkyl halides is 3. The fraction of sp³-hybridized carbons (Fsp3) is 0.733. The van der Waals surface area contributed by atoms with E-state index in [-0.39, 0.29) is 17.2 Å². The van der Waals surface area contributed by atoms with Gasteiger partial charge in [0.25, 0.3) is 11.8 Å². The molecule has 1 saturated heterocycles. The van der Waals surface area contributed by atoms with Crippen LogP contribution in [0.2, 0.25) is 5.02 Å². The molecule has 5 aliphatic rings. The zero-order valence-electron chi connectivity index (χ0n) is 24.0. The number of aliphatic hydroxyl groups excluding tert-OH is 1. The van der Waals surface area contributed by atoms with E-state index in [4.69, 9.17) is 21.2 Å². The normalized spacial score (nSPS) is 33.7. The molecule has 43 heavy (non-hydrogen) atoms. The van der Waals surface area contributed by atoms with Crippen molar-refractivity contribution in [3.63, 3.8) is 0 Å². The van der Waals surface area contributed by atoms with Crippen molar-refractivity contribution < 1.29 is 41.8 Å². The van der Waals surface area contributed by atoms with Crippen LogP contribution in [-0.4, -0.2) is 58.5 Å². The molecule has 6 rings (SSSR count). The lowest BCUT2D eigenvalue weighted by Crippen LogP contribution is -2.70. The van der Waals surface area contributed by atoms with Gasteiger partial charge in [-0.15, -0.1) is 0 Å². The second kappa shape index (κ2) is 12.7. The van der Waals surface area contributed by atoms with Crippen LogP contribution < -0.4 is 20.9 Å². The average Bonchev–Trinajstić information content (AvgIpc) is 3.46. The minimum atomic E-state index is -4.59. The summed E-state index contributed by atoms with van der Waals surface area (Å²) in [5, 5.41) is 16.8. The van der Waals surface area contributed by atoms with Crippen LogP contribution in [0.15, 0.2) is 18.2 Å². The van der Waals surface area contributed by atoms with Gasteiger partial charge in [-0.25, -0.2) is 4.39 Å². The van der Waals surface area contributed by atoms with E-state index in [9.17, 15) is 32.3 Å². The third kappa shape index (κ3) is 6.77. The Morgan fingerprint density at radius 1 is 1.02 bits per heavy atom. The van der Waals surface area contributed by atoms with E-state index in [1.807, 2.05) is 0 Å². The average molecular weight is 634 g/mol. The summed E-state index contributed by atoms with van der Waals surface area (Å²) in [6, 6.07) is 3.83. The van der Waals surface area contributed by atoms with Crippen molar-refractivity contribution in [1.29, 1.82) is 0 Å². The summed E-state index contributed by atoms with van der Waals surface area (Å²) in [4.78, 5) is 31.4. The van der Waals surface area contributed by atoms with E-state index in [0.717, 1.165) is 31.7 Å². The predicted molar refractivity (Wildman–Crippen MR) is 150 cm³/mol. The smallest absolute Gasteiger partial charge is 0.409 e. The highest BCUT2D eigenvalue weighted by Gasteiger charge is 2.64. The second-order valence-electron chi connectivity index (χ2n) is 12.8. The van der Waals surface area contributed by atoms with Gasteiger partial charge < -0.3 is 20.5 Å². The van der Waals surface area contributed by atoms with E-state index in [1.165, 1.54) is 12.1 Å². The first-order valence-corrected chi connectivity index (χ1v) is 15.6. The van der Waals surface area contributed by atoms with Gasteiger partial charge in [0.2, 0.25) is 0 Å². The number of carbonyl (C=O) groups is 2. The topological polar surface area (TPSA) is 109 Å². The van der Waals surface area contributed by atoms with E-state index in [1.54, 1.807) is 0 Å². The predicted octanol–water partition coefficient (Wildman–Crippen LogP) is 5.25. The van der Waals surface area contributed by atoms with Crippen LogP contribution in [-0.2, 0) is 14.4 Å².